The van der Waals surface area contributed by atoms with Crippen LogP contribution in [0.25, 0.3) is 0 Å². The second-order valence-corrected chi connectivity index (χ2v) is 6.87. The molecule has 2 aromatic rings. The maximum absolute atomic E-state index is 12.6. The van der Waals surface area contributed by atoms with Crippen molar-refractivity contribution in [1.82, 2.24) is 0 Å². The molecule has 0 fully saturated rings. The molecule has 0 radical (unpaired) electrons. The van der Waals surface area contributed by atoms with Crippen LogP contribution in [0, 0.1) is 0 Å². The van der Waals surface area contributed by atoms with Gasteiger partial charge in [0, 0.05) is 10.2 Å². The van der Waals surface area contributed by atoms with Gasteiger partial charge >= 0.3 is 0 Å². The quantitative estimate of drug-likeness (QED) is 0.728. The van der Waals surface area contributed by atoms with Crippen LogP contribution in [0.1, 0.15) is 38.1 Å². The van der Waals surface area contributed by atoms with E-state index in [-0.39, 0.29) is 18.1 Å². The molecule has 0 spiro atoms. The molecule has 0 aliphatic carbocycles. The highest BCUT2D eigenvalue weighted by Crippen LogP contribution is 2.26. The molecule has 0 saturated heterocycles. The van der Waals surface area contributed by atoms with Crippen molar-refractivity contribution in [2.24, 2.45) is 0 Å². The summed E-state index contributed by atoms with van der Waals surface area (Å²) in [6, 6.07) is 12.7. The molecule has 5 heteroatoms. The molecular weight excluding hydrogens is 370 g/mol. The monoisotopic (exact) mass is 391 g/mol. The molecule has 0 saturated carbocycles. The fraction of sp³-hybridized carbons (Fsp3) is 0.316. The normalized spacial score (nSPS) is 10.8. The van der Waals surface area contributed by atoms with Crippen molar-refractivity contribution in [2.45, 2.75) is 39.9 Å². The van der Waals surface area contributed by atoms with E-state index in [1.807, 2.05) is 58.0 Å². The third kappa shape index (κ3) is 5.27. The largest absolute Gasteiger partial charge is 0.491 e. The van der Waals surface area contributed by atoms with E-state index in [1.54, 1.807) is 12.1 Å². The summed E-state index contributed by atoms with van der Waals surface area (Å²) in [7, 11) is 0. The summed E-state index contributed by atoms with van der Waals surface area (Å²) in [5.41, 5.74) is 1.19. The second-order valence-electron chi connectivity index (χ2n) is 5.95. The Morgan fingerprint density at radius 3 is 2.17 bits per heavy atom. The number of nitrogens with one attached hydrogen (secondary N) is 1. The number of amides is 1. The van der Waals surface area contributed by atoms with Gasteiger partial charge in [0.05, 0.1) is 17.8 Å². The van der Waals surface area contributed by atoms with E-state index in [1.165, 1.54) is 0 Å². The lowest BCUT2D eigenvalue weighted by Crippen LogP contribution is -2.16. The zero-order valence-corrected chi connectivity index (χ0v) is 15.9. The fourth-order valence-electron chi connectivity index (χ4n) is 2.12. The van der Waals surface area contributed by atoms with Gasteiger partial charge in [-0.05, 0) is 70.2 Å². The van der Waals surface area contributed by atoms with E-state index in [4.69, 9.17) is 9.47 Å². The van der Waals surface area contributed by atoms with Crippen LogP contribution in [-0.2, 0) is 0 Å². The maximum atomic E-state index is 12.6. The van der Waals surface area contributed by atoms with Gasteiger partial charge < -0.3 is 14.8 Å². The van der Waals surface area contributed by atoms with Gasteiger partial charge in [0.25, 0.3) is 5.91 Å². The Bertz CT molecular complexity index is 696. The van der Waals surface area contributed by atoms with Gasteiger partial charge in [-0.1, -0.05) is 15.9 Å². The lowest BCUT2D eigenvalue weighted by Gasteiger charge is -2.15. The lowest BCUT2D eigenvalue weighted by molar-refractivity contribution is 0.102. The van der Waals surface area contributed by atoms with Gasteiger partial charge in [-0.3, -0.25) is 4.79 Å². The van der Waals surface area contributed by atoms with Crippen LogP contribution < -0.4 is 14.8 Å². The number of hydrogen-bond acceptors (Lipinski definition) is 3. The summed E-state index contributed by atoms with van der Waals surface area (Å²) in [5, 5.41) is 2.88. The average molecular weight is 392 g/mol. The first kappa shape index (κ1) is 18.3. The Balaban J connectivity index is 2.16. The third-order valence-corrected chi connectivity index (χ3v) is 3.53. The van der Waals surface area contributed by atoms with Crippen molar-refractivity contribution < 1.29 is 14.3 Å². The summed E-state index contributed by atoms with van der Waals surface area (Å²) in [4.78, 5) is 12.6. The summed E-state index contributed by atoms with van der Waals surface area (Å²) in [6.45, 7) is 7.80. The predicted octanol–water partition coefficient (Wildman–Crippen LogP) is 5.28. The molecule has 1 N–H and O–H groups in total. The first-order valence-corrected chi connectivity index (χ1v) is 8.68. The number of benzene rings is 2. The van der Waals surface area contributed by atoms with Gasteiger partial charge in [-0.15, -0.1) is 0 Å². The molecule has 2 rings (SSSR count). The topological polar surface area (TPSA) is 47.6 Å². The van der Waals surface area contributed by atoms with Gasteiger partial charge in [-0.25, -0.2) is 0 Å². The van der Waals surface area contributed by atoms with Crippen molar-refractivity contribution in [3.8, 4) is 11.5 Å². The van der Waals surface area contributed by atoms with Crippen LogP contribution in [0.15, 0.2) is 46.9 Å². The molecule has 0 bridgehead atoms. The van der Waals surface area contributed by atoms with Gasteiger partial charge in [-0.2, -0.15) is 0 Å². The van der Waals surface area contributed by atoms with Crippen molar-refractivity contribution >= 4 is 27.5 Å². The molecule has 24 heavy (non-hydrogen) atoms. The van der Waals surface area contributed by atoms with E-state index in [9.17, 15) is 4.79 Å². The maximum Gasteiger partial charge on any atom is 0.259 e. The van der Waals surface area contributed by atoms with Crippen molar-refractivity contribution in [2.75, 3.05) is 5.32 Å². The van der Waals surface area contributed by atoms with Crippen LogP contribution in [0.5, 0.6) is 11.5 Å². The molecule has 0 aliphatic heterocycles. The molecule has 0 atom stereocenters. The van der Waals surface area contributed by atoms with Crippen LogP contribution >= 0.6 is 15.9 Å². The summed E-state index contributed by atoms with van der Waals surface area (Å²) in [5.74, 6) is 1.12. The van der Waals surface area contributed by atoms with Crippen LogP contribution in [-0.4, -0.2) is 18.1 Å². The Morgan fingerprint density at radius 1 is 0.958 bits per heavy atom. The van der Waals surface area contributed by atoms with Crippen molar-refractivity contribution in [3.63, 3.8) is 0 Å². The molecule has 2 aromatic carbocycles. The predicted molar refractivity (Wildman–Crippen MR) is 100 cm³/mol. The Morgan fingerprint density at radius 2 is 1.58 bits per heavy atom. The Labute approximate surface area is 151 Å². The SMILES string of the molecule is CC(C)Oc1ccc(NC(=O)c2cc(Br)ccc2OC(C)C)cc1. The van der Waals surface area contributed by atoms with E-state index >= 15 is 0 Å². The molecule has 128 valence electrons. The highest BCUT2D eigenvalue weighted by Gasteiger charge is 2.15. The molecule has 4 nitrogen and oxygen atoms in total. The smallest absolute Gasteiger partial charge is 0.259 e. The zero-order valence-electron chi connectivity index (χ0n) is 14.3. The molecule has 0 aromatic heterocycles. The minimum atomic E-state index is -0.218. The first-order chi connectivity index (χ1) is 11.3. The number of rotatable bonds is 6. The number of carbonyl (C=O) groups excluding carboxylic acids is 1. The van der Waals surface area contributed by atoms with E-state index < -0.39 is 0 Å². The minimum Gasteiger partial charge on any atom is -0.491 e. The van der Waals surface area contributed by atoms with Gasteiger partial charge in [0.1, 0.15) is 11.5 Å². The van der Waals surface area contributed by atoms with Gasteiger partial charge in [0.2, 0.25) is 0 Å². The van der Waals surface area contributed by atoms with E-state index in [2.05, 4.69) is 21.2 Å². The summed E-state index contributed by atoms with van der Waals surface area (Å²) in [6.07, 6.45) is 0.105. The van der Waals surface area contributed by atoms with E-state index in [0.29, 0.717) is 17.0 Å². The molecule has 0 aliphatic rings. The van der Waals surface area contributed by atoms with Crippen molar-refractivity contribution in [3.05, 3.63) is 52.5 Å². The number of anilines is 1. The van der Waals surface area contributed by atoms with E-state index in [0.717, 1.165) is 10.2 Å². The zero-order chi connectivity index (χ0) is 17.7. The fourth-order valence-corrected chi connectivity index (χ4v) is 2.48. The average Bonchev–Trinajstić information content (AvgIpc) is 2.50. The third-order valence-electron chi connectivity index (χ3n) is 3.03. The lowest BCUT2D eigenvalue weighted by atomic mass is 10.1. The number of carbonyl (C=O) groups is 1. The van der Waals surface area contributed by atoms with Crippen LogP contribution in [0.2, 0.25) is 0 Å². The Hall–Kier alpha value is -2.01. The number of halogens is 1. The Kier molecular flexibility index (Phi) is 6.26. The minimum absolute atomic E-state index is 0.00908. The summed E-state index contributed by atoms with van der Waals surface area (Å²) >= 11 is 3.40. The standard InChI is InChI=1S/C19H22BrNO3/c1-12(2)23-16-8-6-15(7-9-16)21-19(22)17-11-14(20)5-10-18(17)24-13(3)4/h5-13H,1-4H3,(H,21,22). The molecule has 0 heterocycles. The van der Waals surface area contributed by atoms with Crippen LogP contribution in [0.3, 0.4) is 0 Å². The van der Waals surface area contributed by atoms with Crippen molar-refractivity contribution in [1.29, 1.82) is 0 Å². The van der Waals surface area contributed by atoms with Crippen LogP contribution in [0.4, 0.5) is 5.69 Å². The molecule has 0 unspecified atom stereocenters. The molecule has 1 amide bonds. The second kappa shape index (κ2) is 8.20. The number of hydrogen-bond donors (Lipinski definition) is 1. The highest BCUT2D eigenvalue weighted by atomic mass is 79.9. The molecular formula is C19H22BrNO3. The van der Waals surface area contributed by atoms with Gasteiger partial charge in [0.15, 0.2) is 0 Å². The number of ether oxygens (including phenoxy) is 2. The highest BCUT2D eigenvalue weighted by molar-refractivity contribution is 9.10. The summed E-state index contributed by atoms with van der Waals surface area (Å²) < 4.78 is 12.1. The first-order valence-electron chi connectivity index (χ1n) is 7.89.